The quantitative estimate of drug-likeness (QED) is 0.734. The SMILES string of the molecule is Cc1nc(Nc2ccc(F)c(F)c2)cc(C(=O)Nc2ccccc2F)n1. The minimum absolute atomic E-state index is 0.00848. The maximum absolute atomic E-state index is 13.7. The van der Waals surface area contributed by atoms with Crippen LogP contribution in [-0.2, 0) is 0 Å². The summed E-state index contributed by atoms with van der Waals surface area (Å²) in [5.74, 6) is -2.71. The molecular weight excluding hydrogens is 345 g/mol. The smallest absolute Gasteiger partial charge is 0.274 e. The third-order valence-corrected chi connectivity index (χ3v) is 3.38. The second-order valence-electron chi connectivity index (χ2n) is 5.37. The number of aromatic nitrogens is 2. The number of nitrogens with zero attached hydrogens (tertiary/aromatic N) is 2. The van der Waals surface area contributed by atoms with Gasteiger partial charge in [-0.15, -0.1) is 0 Å². The van der Waals surface area contributed by atoms with E-state index in [9.17, 15) is 18.0 Å². The summed E-state index contributed by atoms with van der Waals surface area (Å²) in [7, 11) is 0. The molecule has 1 amide bonds. The summed E-state index contributed by atoms with van der Waals surface area (Å²) in [6.45, 7) is 1.57. The van der Waals surface area contributed by atoms with Crippen molar-refractivity contribution in [2.75, 3.05) is 10.6 Å². The number of halogens is 3. The Labute approximate surface area is 146 Å². The molecule has 5 nitrogen and oxygen atoms in total. The molecule has 3 aromatic rings. The zero-order valence-electron chi connectivity index (χ0n) is 13.6. The standard InChI is InChI=1S/C18H13F3N4O/c1-10-22-16(18(26)25-15-5-3-2-4-13(15)20)9-17(23-10)24-11-6-7-12(19)14(21)8-11/h2-9H,1H3,(H,25,26)(H,22,23,24). The van der Waals surface area contributed by atoms with Gasteiger partial charge in [0.2, 0.25) is 0 Å². The van der Waals surface area contributed by atoms with E-state index in [1.54, 1.807) is 13.0 Å². The maximum atomic E-state index is 13.7. The van der Waals surface area contributed by atoms with E-state index in [-0.39, 0.29) is 28.7 Å². The number of para-hydroxylation sites is 1. The predicted molar refractivity (Wildman–Crippen MR) is 90.8 cm³/mol. The minimum atomic E-state index is -1.02. The van der Waals surface area contributed by atoms with Crippen molar-refractivity contribution < 1.29 is 18.0 Å². The van der Waals surface area contributed by atoms with Crippen molar-refractivity contribution in [2.45, 2.75) is 6.92 Å². The summed E-state index contributed by atoms with van der Waals surface area (Å²) in [5, 5.41) is 5.19. The van der Waals surface area contributed by atoms with Crippen molar-refractivity contribution in [3.63, 3.8) is 0 Å². The molecule has 26 heavy (non-hydrogen) atoms. The Hall–Kier alpha value is -3.42. The average Bonchev–Trinajstić information content (AvgIpc) is 2.59. The van der Waals surface area contributed by atoms with Crippen molar-refractivity contribution in [3.8, 4) is 0 Å². The lowest BCUT2D eigenvalue weighted by atomic mass is 10.2. The van der Waals surface area contributed by atoms with Crippen LogP contribution in [0.5, 0.6) is 0 Å². The summed E-state index contributed by atoms with van der Waals surface area (Å²) in [5.41, 5.74) is 0.261. The normalized spacial score (nSPS) is 10.5. The number of rotatable bonds is 4. The molecule has 0 aliphatic carbocycles. The molecule has 0 aliphatic rings. The lowest BCUT2D eigenvalue weighted by molar-refractivity contribution is 0.102. The molecule has 0 saturated carbocycles. The molecule has 2 N–H and O–H groups in total. The Morgan fingerprint density at radius 3 is 2.42 bits per heavy atom. The second kappa shape index (κ2) is 7.22. The van der Waals surface area contributed by atoms with E-state index < -0.39 is 23.4 Å². The fraction of sp³-hybridized carbons (Fsp3) is 0.0556. The topological polar surface area (TPSA) is 66.9 Å². The van der Waals surface area contributed by atoms with Crippen molar-refractivity contribution in [1.82, 2.24) is 9.97 Å². The molecule has 0 bridgehead atoms. The first-order valence-electron chi connectivity index (χ1n) is 7.56. The predicted octanol–water partition coefficient (Wildman–Crippen LogP) is 4.20. The molecule has 1 aromatic heterocycles. The van der Waals surface area contributed by atoms with Crippen LogP contribution >= 0.6 is 0 Å². The van der Waals surface area contributed by atoms with E-state index in [0.29, 0.717) is 0 Å². The first kappa shape index (κ1) is 17.4. The zero-order chi connectivity index (χ0) is 18.7. The van der Waals surface area contributed by atoms with E-state index in [1.807, 2.05) is 0 Å². The number of carbonyl (C=O) groups excluding carboxylic acids is 1. The number of aryl methyl sites for hydroxylation is 1. The van der Waals surface area contributed by atoms with Crippen molar-refractivity contribution in [2.24, 2.45) is 0 Å². The molecule has 2 aromatic carbocycles. The van der Waals surface area contributed by atoms with E-state index in [2.05, 4.69) is 20.6 Å². The molecule has 0 fully saturated rings. The molecule has 0 saturated heterocycles. The Bertz CT molecular complexity index is 978. The van der Waals surface area contributed by atoms with E-state index in [0.717, 1.165) is 12.1 Å². The number of anilines is 3. The van der Waals surface area contributed by atoms with Crippen molar-refractivity contribution in [1.29, 1.82) is 0 Å². The van der Waals surface area contributed by atoms with Gasteiger partial charge in [0, 0.05) is 17.8 Å². The molecule has 8 heteroatoms. The molecule has 3 rings (SSSR count). The number of carbonyl (C=O) groups is 1. The van der Waals surface area contributed by atoms with Crippen LogP contribution in [0.3, 0.4) is 0 Å². The van der Waals surface area contributed by atoms with Crippen molar-refractivity contribution >= 4 is 23.1 Å². The van der Waals surface area contributed by atoms with Crippen LogP contribution in [0.2, 0.25) is 0 Å². The monoisotopic (exact) mass is 358 g/mol. The molecule has 0 radical (unpaired) electrons. The molecule has 0 aliphatic heterocycles. The molecular formula is C18H13F3N4O. The summed E-state index contributed by atoms with van der Waals surface area (Å²) >= 11 is 0. The molecule has 1 heterocycles. The van der Waals surface area contributed by atoms with Gasteiger partial charge in [0.25, 0.3) is 5.91 Å². The first-order chi connectivity index (χ1) is 12.4. The lowest BCUT2D eigenvalue weighted by Gasteiger charge is -2.10. The van der Waals surface area contributed by atoms with Crippen LogP contribution in [-0.4, -0.2) is 15.9 Å². The van der Waals surface area contributed by atoms with Crippen LogP contribution in [0.25, 0.3) is 0 Å². The minimum Gasteiger partial charge on any atom is -0.340 e. The Morgan fingerprint density at radius 1 is 0.923 bits per heavy atom. The largest absolute Gasteiger partial charge is 0.340 e. The van der Waals surface area contributed by atoms with E-state index in [1.165, 1.54) is 30.3 Å². The fourth-order valence-corrected chi connectivity index (χ4v) is 2.22. The second-order valence-corrected chi connectivity index (χ2v) is 5.37. The van der Waals surface area contributed by atoms with Crippen LogP contribution in [0.15, 0.2) is 48.5 Å². The van der Waals surface area contributed by atoms with Gasteiger partial charge in [0.15, 0.2) is 11.6 Å². The summed E-state index contributed by atoms with van der Waals surface area (Å²) in [6.07, 6.45) is 0. The Balaban J connectivity index is 1.84. The number of benzene rings is 2. The molecule has 132 valence electrons. The third kappa shape index (κ3) is 3.97. The van der Waals surface area contributed by atoms with Gasteiger partial charge in [0.1, 0.15) is 23.2 Å². The van der Waals surface area contributed by atoms with Crippen LogP contribution in [0.4, 0.5) is 30.4 Å². The van der Waals surface area contributed by atoms with Crippen LogP contribution in [0.1, 0.15) is 16.3 Å². The highest BCUT2D eigenvalue weighted by Gasteiger charge is 2.13. The van der Waals surface area contributed by atoms with Gasteiger partial charge in [-0.05, 0) is 31.2 Å². The Morgan fingerprint density at radius 2 is 1.69 bits per heavy atom. The molecule has 0 spiro atoms. The van der Waals surface area contributed by atoms with Crippen LogP contribution in [0, 0.1) is 24.4 Å². The highest BCUT2D eigenvalue weighted by Crippen LogP contribution is 2.19. The number of hydrogen-bond donors (Lipinski definition) is 2. The Kier molecular flexibility index (Phi) is 4.83. The maximum Gasteiger partial charge on any atom is 0.274 e. The highest BCUT2D eigenvalue weighted by molar-refractivity contribution is 6.03. The van der Waals surface area contributed by atoms with Crippen LogP contribution < -0.4 is 10.6 Å². The van der Waals surface area contributed by atoms with Gasteiger partial charge in [0.05, 0.1) is 5.69 Å². The third-order valence-electron chi connectivity index (χ3n) is 3.38. The summed E-state index contributed by atoms with van der Waals surface area (Å²) in [4.78, 5) is 20.4. The van der Waals surface area contributed by atoms with Gasteiger partial charge >= 0.3 is 0 Å². The van der Waals surface area contributed by atoms with Gasteiger partial charge in [-0.1, -0.05) is 12.1 Å². The number of amides is 1. The first-order valence-corrected chi connectivity index (χ1v) is 7.56. The zero-order valence-corrected chi connectivity index (χ0v) is 13.6. The van der Waals surface area contributed by atoms with Gasteiger partial charge in [-0.3, -0.25) is 4.79 Å². The van der Waals surface area contributed by atoms with E-state index in [4.69, 9.17) is 0 Å². The summed E-state index contributed by atoms with van der Waals surface area (Å²) < 4.78 is 40.0. The fourth-order valence-electron chi connectivity index (χ4n) is 2.22. The number of nitrogens with one attached hydrogen (secondary N) is 2. The molecule has 0 atom stereocenters. The highest BCUT2D eigenvalue weighted by atomic mass is 19.2. The summed E-state index contributed by atoms with van der Waals surface area (Å²) in [6, 6.07) is 10.3. The lowest BCUT2D eigenvalue weighted by Crippen LogP contribution is -2.16. The van der Waals surface area contributed by atoms with Gasteiger partial charge in [-0.25, -0.2) is 23.1 Å². The van der Waals surface area contributed by atoms with Gasteiger partial charge < -0.3 is 10.6 Å². The van der Waals surface area contributed by atoms with Gasteiger partial charge in [-0.2, -0.15) is 0 Å². The van der Waals surface area contributed by atoms with Crippen molar-refractivity contribution in [3.05, 3.63) is 77.5 Å². The number of hydrogen-bond acceptors (Lipinski definition) is 4. The molecule has 0 unspecified atom stereocenters. The van der Waals surface area contributed by atoms with E-state index >= 15 is 0 Å². The average molecular weight is 358 g/mol.